The molecule has 0 aliphatic carbocycles. The first-order valence-electron chi connectivity index (χ1n) is 6.51. The lowest BCUT2D eigenvalue weighted by molar-refractivity contribution is -0.145. The van der Waals surface area contributed by atoms with Crippen molar-refractivity contribution in [1.82, 2.24) is 4.90 Å². The molecule has 102 valence electrons. The van der Waals surface area contributed by atoms with Crippen molar-refractivity contribution >= 4 is 17.5 Å². The third-order valence-corrected chi connectivity index (χ3v) is 3.68. The number of benzene rings is 1. The van der Waals surface area contributed by atoms with Gasteiger partial charge in [0.05, 0.1) is 0 Å². The summed E-state index contributed by atoms with van der Waals surface area (Å²) in [5, 5.41) is 0. The van der Waals surface area contributed by atoms with Crippen LogP contribution in [0.5, 0.6) is 0 Å². The fraction of sp³-hybridized carbons (Fsp3) is 0.467. The van der Waals surface area contributed by atoms with Crippen LogP contribution in [0.1, 0.15) is 26.3 Å². The van der Waals surface area contributed by atoms with Gasteiger partial charge in [-0.05, 0) is 38.5 Å². The maximum absolute atomic E-state index is 12.6. The molecule has 19 heavy (non-hydrogen) atoms. The van der Waals surface area contributed by atoms with Gasteiger partial charge in [0, 0.05) is 25.7 Å². The quantitative estimate of drug-likeness (QED) is 0.774. The Labute approximate surface area is 114 Å². The van der Waals surface area contributed by atoms with Gasteiger partial charge in [0.25, 0.3) is 5.91 Å². The van der Waals surface area contributed by atoms with Gasteiger partial charge in [-0.2, -0.15) is 0 Å². The number of carbonyl (C=O) groups excluding carboxylic acids is 2. The summed E-state index contributed by atoms with van der Waals surface area (Å²) in [6.07, 6.45) is 0. The van der Waals surface area contributed by atoms with Gasteiger partial charge in [0.15, 0.2) is 0 Å². The van der Waals surface area contributed by atoms with E-state index in [0.717, 1.165) is 11.3 Å². The van der Waals surface area contributed by atoms with Crippen molar-refractivity contribution in [3.8, 4) is 0 Å². The van der Waals surface area contributed by atoms with Gasteiger partial charge >= 0.3 is 0 Å². The van der Waals surface area contributed by atoms with Crippen LogP contribution in [-0.2, 0) is 9.59 Å². The Balaban J connectivity index is 2.32. The average Bonchev–Trinajstić information content (AvgIpc) is 2.32. The van der Waals surface area contributed by atoms with Crippen LogP contribution >= 0.6 is 0 Å². The third kappa shape index (κ3) is 2.35. The lowest BCUT2D eigenvalue weighted by atomic mass is 9.96. The van der Waals surface area contributed by atoms with Crippen molar-refractivity contribution in [2.45, 2.75) is 33.2 Å². The molecule has 1 aromatic carbocycles. The van der Waals surface area contributed by atoms with Gasteiger partial charge in [0.2, 0.25) is 5.91 Å². The summed E-state index contributed by atoms with van der Waals surface area (Å²) < 4.78 is 0. The van der Waals surface area contributed by atoms with Crippen molar-refractivity contribution in [3.05, 3.63) is 29.8 Å². The fourth-order valence-electron chi connectivity index (χ4n) is 2.62. The molecule has 0 bridgehead atoms. The lowest BCUT2D eigenvalue weighted by Crippen LogP contribution is -2.64. The first-order valence-corrected chi connectivity index (χ1v) is 6.51. The van der Waals surface area contributed by atoms with Crippen LogP contribution < -0.4 is 4.90 Å². The lowest BCUT2D eigenvalue weighted by Gasteiger charge is -2.45. The Morgan fingerprint density at radius 3 is 2.53 bits per heavy atom. The molecule has 0 radical (unpaired) electrons. The van der Waals surface area contributed by atoms with E-state index in [1.165, 1.54) is 6.92 Å². The molecule has 0 aromatic heterocycles. The fourth-order valence-corrected chi connectivity index (χ4v) is 2.62. The molecule has 0 atom stereocenters. The number of rotatable bonds is 1. The maximum Gasteiger partial charge on any atom is 0.252 e. The van der Waals surface area contributed by atoms with E-state index in [1.807, 2.05) is 31.2 Å². The average molecular weight is 260 g/mol. The Morgan fingerprint density at radius 2 is 1.95 bits per heavy atom. The number of hydrogen-bond acceptors (Lipinski definition) is 2. The molecule has 0 N–H and O–H groups in total. The Hall–Kier alpha value is -1.84. The topological polar surface area (TPSA) is 40.6 Å². The number of anilines is 1. The summed E-state index contributed by atoms with van der Waals surface area (Å²) >= 11 is 0. The largest absolute Gasteiger partial charge is 0.327 e. The predicted molar refractivity (Wildman–Crippen MR) is 75.0 cm³/mol. The summed E-state index contributed by atoms with van der Waals surface area (Å²) in [6.45, 7) is 8.24. The molecule has 4 heteroatoms. The van der Waals surface area contributed by atoms with Gasteiger partial charge in [0.1, 0.15) is 5.54 Å². The molecule has 1 aliphatic rings. The van der Waals surface area contributed by atoms with Crippen LogP contribution in [0.15, 0.2) is 24.3 Å². The van der Waals surface area contributed by atoms with Crippen molar-refractivity contribution in [1.29, 1.82) is 0 Å². The second-order valence-corrected chi connectivity index (χ2v) is 5.53. The summed E-state index contributed by atoms with van der Waals surface area (Å²) in [4.78, 5) is 27.6. The second-order valence-electron chi connectivity index (χ2n) is 5.53. The number of hydrogen-bond donors (Lipinski definition) is 0. The Kier molecular flexibility index (Phi) is 3.35. The summed E-state index contributed by atoms with van der Waals surface area (Å²) in [5.41, 5.74) is 1.24. The number of nitrogens with zero attached hydrogens (tertiary/aromatic N) is 2. The zero-order valence-corrected chi connectivity index (χ0v) is 11.9. The van der Waals surface area contributed by atoms with Crippen molar-refractivity contribution < 1.29 is 9.59 Å². The number of piperazine rings is 1. The second kappa shape index (κ2) is 4.68. The van der Waals surface area contributed by atoms with Gasteiger partial charge in [-0.3, -0.25) is 9.59 Å². The van der Waals surface area contributed by atoms with E-state index in [4.69, 9.17) is 0 Å². The molecular weight excluding hydrogens is 240 g/mol. The normalized spacial score (nSPS) is 18.6. The van der Waals surface area contributed by atoms with Crippen molar-refractivity contribution in [2.75, 3.05) is 18.0 Å². The number of amides is 2. The van der Waals surface area contributed by atoms with Gasteiger partial charge in [-0.15, -0.1) is 0 Å². The highest BCUT2D eigenvalue weighted by atomic mass is 16.2. The van der Waals surface area contributed by atoms with E-state index < -0.39 is 5.54 Å². The predicted octanol–water partition coefficient (Wildman–Crippen LogP) is 1.97. The highest BCUT2D eigenvalue weighted by Gasteiger charge is 2.43. The van der Waals surface area contributed by atoms with E-state index in [9.17, 15) is 9.59 Å². The third-order valence-electron chi connectivity index (χ3n) is 3.68. The van der Waals surface area contributed by atoms with Crippen LogP contribution in [0.25, 0.3) is 0 Å². The minimum absolute atomic E-state index is 0.0282. The summed E-state index contributed by atoms with van der Waals surface area (Å²) in [7, 11) is 0. The molecule has 1 aliphatic heterocycles. The minimum Gasteiger partial charge on any atom is -0.327 e. The van der Waals surface area contributed by atoms with E-state index in [0.29, 0.717) is 13.1 Å². The van der Waals surface area contributed by atoms with Crippen LogP contribution in [0.4, 0.5) is 5.69 Å². The number of carbonyl (C=O) groups is 2. The summed E-state index contributed by atoms with van der Waals surface area (Å²) in [6, 6.07) is 7.88. The Bertz CT molecular complexity index is 523. The van der Waals surface area contributed by atoms with Gasteiger partial charge in [-0.25, -0.2) is 0 Å². The van der Waals surface area contributed by atoms with E-state index in [-0.39, 0.29) is 11.8 Å². The van der Waals surface area contributed by atoms with E-state index in [2.05, 4.69) is 0 Å². The zero-order chi connectivity index (χ0) is 14.2. The molecule has 0 unspecified atom stereocenters. The highest BCUT2D eigenvalue weighted by Crippen LogP contribution is 2.27. The van der Waals surface area contributed by atoms with Crippen LogP contribution in [0.3, 0.4) is 0 Å². The zero-order valence-electron chi connectivity index (χ0n) is 11.9. The highest BCUT2D eigenvalue weighted by molar-refractivity contribution is 6.02. The molecule has 0 saturated carbocycles. The van der Waals surface area contributed by atoms with Crippen LogP contribution in [0.2, 0.25) is 0 Å². The standard InChI is InChI=1S/C15H20N2O2/c1-11-6-5-7-13(10-11)16-8-9-17(12(2)18)15(3,4)14(16)19/h5-7,10H,8-9H2,1-4H3. The monoisotopic (exact) mass is 260 g/mol. The SMILES string of the molecule is CC(=O)N1CCN(c2cccc(C)c2)C(=O)C1(C)C. The van der Waals surface area contributed by atoms with E-state index >= 15 is 0 Å². The molecular formula is C15H20N2O2. The number of aryl methyl sites for hydroxylation is 1. The van der Waals surface area contributed by atoms with Gasteiger partial charge < -0.3 is 9.80 Å². The van der Waals surface area contributed by atoms with E-state index in [1.54, 1.807) is 23.6 Å². The Morgan fingerprint density at radius 1 is 1.26 bits per heavy atom. The van der Waals surface area contributed by atoms with Crippen LogP contribution in [0, 0.1) is 6.92 Å². The molecule has 1 saturated heterocycles. The van der Waals surface area contributed by atoms with Crippen LogP contribution in [-0.4, -0.2) is 35.3 Å². The summed E-state index contributed by atoms with van der Waals surface area (Å²) in [5.74, 6) is -0.0817. The minimum atomic E-state index is -0.784. The first-order chi connectivity index (χ1) is 8.84. The maximum atomic E-state index is 12.6. The molecule has 1 aromatic rings. The molecule has 2 amide bonds. The molecule has 1 heterocycles. The molecule has 0 spiro atoms. The smallest absolute Gasteiger partial charge is 0.252 e. The van der Waals surface area contributed by atoms with Crippen molar-refractivity contribution in [3.63, 3.8) is 0 Å². The first kappa shape index (κ1) is 13.6. The molecule has 4 nitrogen and oxygen atoms in total. The van der Waals surface area contributed by atoms with Crippen molar-refractivity contribution in [2.24, 2.45) is 0 Å². The molecule has 1 fully saturated rings. The van der Waals surface area contributed by atoms with Gasteiger partial charge in [-0.1, -0.05) is 12.1 Å². The molecule has 2 rings (SSSR count).